The van der Waals surface area contributed by atoms with Crippen molar-refractivity contribution in [3.63, 3.8) is 0 Å². The molecular formula is C20H27NO. The molecule has 0 spiro atoms. The molecule has 0 unspecified atom stereocenters. The van der Waals surface area contributed by atoms with Crippen molar-refractivity contribution in [2.75, 3.05) is 6.54 Å². The van der Waals surface area contributed by atoms with Crippen molar-refractivity contribution < 1.29 is 4.74 Å². The summed E-state index contributed by atoms with van der Waals surface area (Å²) >= 11 is 0. The highest BCUT2D eigenvalue weighted by atomic mass is 16.5. The SMILES string of the molecule is CCCCCCNCc1cccc(OCc2ccccc2)c1. The molecule has 0 heterocycles. The first kappa shape index (κ1) is 16.6. The molecule has 0 aliphatic heterocycles. The summed E-state index contributed by atoms with van der Waals surface area (Å²) in [5.41, 5.74) is 2.48. The van der Waals surface area contributed by atoms with Crippen molar-refractivity contribution in [3.8, 4) is 5.75 Å². The van der Waals surface area contributed by atoms with Crippen molar-refractivity contribution in [2.24, 2.45) is 0 Å². The maximum atomic E-state index is 5.86. The van der Waals surface area contributed by atoms with Gasteiger partial charge in [0, 0.05) is 6.54 Å². The molecule has 2 heteroatoms. The summed E-state index contributed by atoms with van der Waals surface area (Å²) in [4.78, 5) is 0. The summed E-state index contributed by atoms with van der Waals surface area (Å²) in [6.45, 7) is 4.87. The van der Waals surface area contributed by atoms with Crippen LogP contribution in [0.5, 0.6) is 5.75 Å². The number of unbranched alkanes of at least 4 members (excludes halogenated alkanes) is 3. The zero-order chi connectivity index (χ0) is 15.5. The lowest BCUT2D eigenvalue weighted by Gasteiger charge is -2.09. The lowest BCUT2D eigenvalue weighted by Crippen LogP contribution is -2.14. The average molecular weight is 297 g/mol. The number of benzene rings is 2. The molecule has 0 aliphatic carbocycles. The minimum atomic E-state index is 0.620. The molecule has 0 saturated heterocycles. The Hall–Kier alpha value is -1.80. The molecule has 0 amide bonds. The Kier molecular flexibility index (Phi) is 7.54. The zero-order valence-electron chi connectivity index (χ0n) is 13.6. The van der Waals surface area contributed by atoms with Crippen molar-refractivity contribution in [1.29, 1.82) is 0 Å². The van der Waals surface area contributed by atoms with E-state index in [4.69, 9.17) is 4.74 Å². The number of hydrogen-bond donors (Lipinski definition) is 1. The predicted octanol–water partition coefficient (Wildman–Crippen LogP) is 4.94. The molecule has 2 aromatic rings. The minimum Gasteiger partial charge on any atom is -0.489 e. The van der Waals surface area contributed by atoms with Gasteiger partial charge in [-0.15, -0.1) is 0 Å². The van der Waals surface area contributed by atoms with Gasteiger partial charge in [0.15, 0.2) is 0 Å². The Labute approximate surface area is 134 Å². The van der Waals surface area contributed by atoms with E-state index in [1.807, 2.05) is 24.3 Å². The van der Waals surface area contributed by atoms with Gasteiger partial charge in [0.2, 0.25) is 0 Å². The van der Waals surface area contributed by atoms with Crippen molar-refractivity contribution in [3.05, 3.63) is 65.7 Å². The van der Waals surface area contributed by atoms with Gasteiger partial charge in [0.1, 0.15) is 12.4 Å². The summed E-state index contributed by atoms with van der Waals surface area (Å²) in [6.07, 6.45) is 5.22. The van der Waals surface area contributed by atoms with Gasteiger partial charge in [-0.3, -0.25) is 0 Å². The van der Waals surface area contributed by atoms with Crippen LogP contribution in [0.3, 0.4) is 0 Å². The van der Waals surface area contributed by atoms with Crippen LogP contribution >= 0.6 is 0 Å². The van der Waals surface area contributed by atoms with E-state index >= 15 is 0 Å². The number of ether oxygens (including phenoxy) is 1. The summed E-state index contributed by atoms with van der Waals surface area (Å²) in [5.74, 6) is 0.939. The van der Waals surface area contributed by atoms with Gasteiger partial charge in [0.05, 0.1) is 0 Å². The summed E-state index contributed by atoms with van der Waals surface area (Å²) in [7, 11) is 0. The smallest absolute Gasteiger partial charge is 0.120 e. The minimum absolute atomic E-state index is 0.620. The molecule has 0 saturated carbocycles. The van der Waals surface area contributed by atoms with E-state index in [1.54, 1.807) is 0 Å². The fourth-order valence-electron chi connectivity index (χ4n) is 2.40. The van der Waals surface area contributed by atoms with E-state index in [9.17, 15) is 0 Å². The van der Waals surface area contributed by atoms with E-state index in [-0.39, 0.29) is 0 Å². The van der Waals surface area contributed by atoms with E-state index < -0.39 is 0 Å². The molecule has 2 nitrogen and oxygen atoms in total. The molecule has 0 radical (unpaired) electrons. The van der Waals surface area contributed by atoms with E-state index in [0.29, 0.717) is 6.61 Å². The van der Waals surface area contributed by atoms with Gasteiger partial charge in [-0.25, -0.2) is 0 Å². The van der Waals surface area contributed by atoms with Gasteiger partial charge < -0.3 is 10.1 Å². The van der Waals surface area contributed by atoms with Crippen LogP contribution in [0.25, 0.3) is 0 Å². The molecule has 2 rings (SSSR count). The zero-order valence-corrected chi connectivity index (χ0v) is 13.6. The molecule has 0 bridgehead atoms. The molecule has 118 valence electrons. The third kappa shape index (κ3) is 6.31. The Bertz CT molecular complexity index is 524. The van der Waals surface area contributed by atoms with Crippen LogP contribution in [-0.4, -0.2) is 6.54 Å². The van der Waals surface area contributed by atoms with Crippen LogP contribution in [0.1, 0.15) is 43.7 Å². The van der Waals surface area contributed by atoms with Crippen LogP contribution in [0.2, 0.25) is 0 Å². The first-order chi connectivity index (χ1) is 10.9. The summed E-state index contributed by atoms with van der Waals surface area (Å²) in [6, 6.07) is 18.6. The number of hydrogen-bond acceptors (Lipinski definition) is 2. The normalized spacial score (nSPS) is 10.6. The van der Waals surface area contributed by atoms with Crippen molar-refractivity contribution in [2.45, 2.75) is 45.8 Å². The van der Waals surface area contributed by atoms with E-state index in [2.05, 4.69) is 42.6 Å². The lowest BCUT2D eigenvalue weighted by atomic mass is 10.2. The predicted molar refractivity (Wildman–Crippen MR) is 93.1 cm³/mol. The quantitative estimate of drug-likeness (QED) is 0.627. The van der Waals surface area contributed by atoms with Crippen molar-refractivity contribution in [1.82, 2.24) is 5.32 Å². The summed E-state index contributed by atoms with van der Waals surface area (Å²) < 4.78 is 5.86. The third-order valence-electron chi connectivity index (χ3n) is 3.68. The van der Waals surface area contributed by atoms with Crippen LogP contribution in [0, 0.1) is 0 Å². The standard InChI is InChI=1S/C20H27NO/c1-2-3-4-8-14-21-16-19-12-9-13-20(15-19)22-17-18-10-6-5-7-11-18/h5-7,9-13,15,21H,2-4,8,14,16-17H2,1H3. The Morgan fingerprint density at radius 1 is 0.864 bits per heavy atom. The third-order valence-corrected chi connectivity index (χ3v) is 3.68. The van der Waals surface area contributed by atoms with Gasteiger partial charge in [-0.1, -0.05) is 68.7 Å². The first-order valence-corrected chi connectivity index (χ1v) is 8.35. The fraction of sp³-hybridized carbons (Fsp3) is 0.400. The maximum absolute atomic E-state index is 5.86. The Balaban J connectivity index is 1.72. The molecular weight excluding hydrogens is 270 g/mol. The first-order valence-electron chi connectivity index (χ1n) is 8.35. The topological polar surface area (TPSA) is 21.3 Å². The lowest BCUT2D eigenvalue weighted by molar-refractivity contribution is 0.306. The van der Waals surface area contributed by atoms with Gasteiger partial charge >= 0.3 is 0 Å². The maximum Gasteiger partial charge on any atom is 0.120 e. The van der Waals surface area contributed by atoms with Crippen LogP contribution in [-0.2, 0) is 13.2 Å². The molecule has 0 fully saturated rings. The molecule has 1 N–H and O–H groups in total. The van der Waals surface area contributed by atoms with Crippen molar-refractivity contribution >= 4 is 0 Å². The molecule has 0 aromatic heterocycles. The second kappa shape index (κ2) is 10.0. The monoisotopic (exact) mass is 297 g/mol. The highest BCUT2D eigenvalue weighted by Gasteiger charge is 1.98. The Morgan fingerprint density at radius 3 is 2.50 bits per heavy atom. The van der Waals surface area contributed by atoms with E-state index in [0.717, 1.165) is 18.8 Å². The van der Waals surface area contributed by atoms with Gasteiger partial charge in [-0.2, -0.15) is 0 Å². The van der Waals surface area contributed by atoms with Crippen LogP contribution in [0.4, 0.5) is 0 Å². The molecule has 0 atom stereocenters. The number of rotatable bonds is 10. The summed E-state index contributed by atoms with van der Waals surface area (Å²) in [5, 5.41) is 3.51. The molecule has 2 aromatic carbocycles. The largest absolute Gasteiger partial charge is 0.489 e. The van der Waals surface area contributed by atoms with Gasteiger partial charge in [0.25, 0.3) is 0 Å². The van der Waals surface area contributed by atoms with Gasteiger partial charge in [-0.05, 0) is 36.2 Å². The fourth-order valence-corrected chi connectivity index (χ4v) is 2.40. The average Bonchev–Trinajstić information content (AvgIpc) is 2.57. The van der Waals surface area contributed by atoms with E-state index in [1.165, 1.54) is 36.8 Å². The molecule has 22 heavy (non-hydrogen) atoms. The Morgan fingerprint density at radius 2 is 1.68 bits per heavy atom. The highest BCUT2D eigenvalue weighted by Crippen LogP contribution is 2.15. The number of nitrogens with one attached hydrogen (secondary N) is 1. The van der Waals surface area contributed by atoms with Crippen LogP contribution in [0.15, 0.2) is 54.6 Å². The second-order valence-corrected chi connectivity index (χ2v) is 5.66. The second-order valence-electron chi connectivity index (χ2n) is 5.66. The molecule has 0 aliphatic rings. The highest BCUT2D eigenvalue weighted by molar-refractivity contribution is 5.29. The van der Waals surface area contributed by atoms with Crippen LogP contribution < -0.4 is 10.1 Å².